The van der Waals surface area contributed by atoms with Gasteiger partial charge in [0.15, 0.2) is 5.78 Å². The molecule has 1 saturated carbocycles. The number of hydrogen-bond donors (Lipinski definition) is 14. The van der Waals surface area contributed by atoms with Crippen LogP contribution in [0.1, 0.15) is 115 Å². The number of hydrogen-bond acceptors (Lipinski definition) is 20. The van der Waals surface area contributed by atoms with Crippen LogP contribution in [-0.2, 0) is 94.3 Å². The molecule has 4 aliphatic rings. The lowest BCUT2D eigenvalue weighted by atomic mass is 9.88. The zero-order valence-electron chi connectivity index (χ0n) is 60.8. The predicted molar refractivity (Wildman–Crippen MR) is 395 cm³/mol. The Kier molecular flexibility index (Phi) is 34.0. The highest BCUT2D eigenvalue weighted by Gasteiger charge is 2.58. The first kappa shape index (κ1) is 85.9. The number of carbonyl (C=O) groups is 17. The number of Topliss-reactive ketones (excluding diaryl/α,β-unsaturated/α-hetero) is 1. The number of nitrogens with zero attached hydrogens (tertiary/aromatic N) is 2. The first-order valence-corrected chi connectivity index (χ1v) is 38.1. The van der Waals surface area contributed by atoms with E-state index in [2.05, 4.69) is 53.2 Å². The topological polar surface area (TPSA) is 521 Å². The summed E-state index contributed by atoms with van der Waals surface area (Å²) in [5.41, 5.74) is 26.1. The van der Waals surface area contributed by atoms with Gasteiger partial charge in [-0.2, -0.15) is 0 Å². The van der Waals surface area contributed by atoms with E-state index in [1.54, 1.807) is 54.6 Å². The number of ketones is 1. The minimum Gasteiger partial charge on any atom is -0.370 e. The number of benzene rings is 2. The molecule has 0 aromatic heterocycles. The quantitative estimate of drug-likeness (QED) is 0.0165. The van der Waals surface area contributed by atoms with E-state index in [0.717, 1.165) is 43.2 Å². The zero-order chi connectivity index (χ0) is 78.6. The average molecular weight is 1530 g/mol. The van der Waals surface area contributed by atoms with Crippen molar-refractivity contribution in [2.75, 3.05) is 57.3 Å². The Morgan fingerprint density at radius 1 is 0.607 bits per heavy atom. The second-order valence-electron chi connectivity index (χ2n) is 27.6. The molecule has 35 heteroatoms. The number of fused-ring (bicyclic) bond motifs is 1. The van der Waals surface area contributed by atoms with E-state index >= 15 is 4.79 Å². The predicted octanol–water partition coefficient (Wildman–Crippen LogP) is -2.57. The van der Waals surface area contributed by atoms with E-state index in [0.29, 0.717) is 43.2 Å². The summed E-state index contributed by atoms with van der Waals surface area (Å²) in [6.07, 6.45) is 3.48. The fourth-order valence-electron chi connectivity index (χ4n) is 13.1. The van der Waals surface area contributed by atoms with Crippen molar-refractivity contribution in [3.05, 3.63) is 94.6 Å². The number of nitrogens with two attached hydrogens (primary N) is 4. The summed E-state index contributed by atoms with van der Waals surface area (Å²) in [4.78, 5) is 236. The lowest BCUT2D eigenvalue weighted by Crippen LogP contribution is -2.61. The van der Waals surface area contributed by atoms with Gasteiger partial charge in [-0.05, 0) is 122 Å². The van der Waals surface area contributed by atoms with E-state index < -0.39 is 218 Å². The third-order valence-corrected chi connectivity index (χ3v) is 20.8. The molecule has 2 aromatic rings. The van der Waals surface area contributed by atoms with Crippen LogP contribution in [0.25, 0.3) is 0 Å². The molecular formula is C72H100N16O17S2. The second-order valence-corrected chi connectivity index (χ2v) is 30.2. The lowest BCUT2D eigenvalue weighted by molar-refractivity contribution is -0.145. The fraction of sp³-hybridized carbons (Fsp3) is 0.542. The van der Waals surface area contributed by atoms with Crippen LogP contribution >= 0.6 is 21.6 Å². The monoisotopic (exact) mass is 1520 g/mol. The standard InChI is InChI=1S/C72H100N16O17S2/c1-39(2)25-45-29-46(26-40(3)4)63-62(45)71(104)88(72(63)105)36-61(96)79-34-59(94)77-33-58(93)78-35-60(95)81-51-37-106-107-38-52(70(103)87-24-12-10-16-53(87)69(102)82-47(15-9-11-23-73)65(98)80-32-57(76)92)86-67(100)50(31-56(75)91)84-64(97)44(21-22-55(74)90)30-54(89)48(27-42-13-7-6-8-14-42)83-66(99)49(85-68(51)101)28-43-19-17-41(5)18-20-43/h6-8,13-14,17-20,25-26,44-53,62-63H,9-12,15-16,21-24,27-38,73H2,1-5H3,(H2,74,90)(H2,75,91)(H2,76,92)(H,77,94)(H,78,93)(H,79,96)(H,80,98)(H,81,95)(H,82,102)(H,83,99)(H,84,97)(H,85,101)(H,86,100). The molecule has 33 nitrogen and oxygen atoms in total. The van der Waals surface area contributed by atoms with Gasteiger partial charge in [-0.3, -0.25) is 86.4 Å². The number of unbranched alkanes of at least 4 members (excludes halogenated alkanes) is 1. The summed E-state index contributed by atoms with van der Waals surface area (Å²) >= 11 is 0. The van der Waals surface area contributed by atoms with Crippen LogP contribution in [0.3, 0.4) is 0 Å². The number of carbonyl (C=O) groups excluding carboxylic acids is 17. The molecule has 3 saturated heterocycles. The Labute approximate surface area is 628 Å². The Balaban J connectivity index is 1.27. The van der Waals surface area contributed by atoms with Gasteiger partial charge in [0.2, 0.25) is 94.5 Å². The third-order valence-electron chi connectivity index (χ3n) is 18.4. The van der Waals surface area contributed by atoms with Crippen molar-refractivity contribution in [2.45, 2.75) is 160 Å². The van der Waals surface area contributed by atoms with E-state index in [1.165, 1.54) is 4.90 Å². The highest BCUT2D eigenvalue weighted by Crippen LogP contribution is 2.49. The summed E-state index contributed by atoms with van der Waals surface area (Å²) in [5.74, 6) is -18.6. The maximum atomic E-state index is 15.2. The number of rotatable bonds is 30. The van der Waals surface area contributed by atoms with Gasteiger partial charge in [-0.15, -0.1) is 0 Å². The molecule has 16 amide bonds. The SMILES string of the molecule is CC(C)=CC1CC(C=C(C)C)C2C(=O)N(CC(=O)NCC(=O)NCC(=O)NCC(=O)NC3CSSCC(C(=O)N4CCCCC4C(=O)NC(CCCCN)C(=O)NCC(N)=O)NC(=O)C(CC(N)=O)NC(=O)C(CCC(N)=O)CC(=O)C(Cc4ccccc4)NC(=O)C(Cc4ccc(C)cc4)NC3=O)C(=O)C12. The first-order valence-electron chi connectivity index (χ1n) is 35.6. The molecule has 2 aromatic carbocycles. The Bertz CT molecular complexity index is 3640. The molecule has 0 spiro atoms. The van der Waals surface area contributed by atoms with Crippen LogP contribution in [0.2, 0.25) is 0 Å². The van der Waals surface area contributed by atoms with Crippen molar-refractivity contribution < 1.29 is 81.5 Å². The van der Waals surface area contributed by atoms with Crippen LogP contribution in [-0.4, -0.2) is 210 Å². The van der Waals surface area contributed by atoms with E-state index in [1.807, 2.05) is 46.8 Å². The number of imide groups is 1. The summed E-state index contributed by atoms with van der Waals surface area (Å²) in [6, 6.07) is 4.78. The maximum Gasteiger partial charge on any atom is 0.246 e. The van der Waals surface area contributed by atoms with Crippen molar-refractivity contribution in [2.24, 2.45) is 52.5 Å². The van der Waals surface area contributed by atoms with Crippen LogP contribution < -0.4 is 76.1 Å². The van der Waals surface area contributed by atoms with Crippen molar-refractivity contribution in [3.63, 3.8) is 0 Å². The fourth-order valence-corrected chi connectivity index (χ4v) is 15.5. The molecular weight excluding hydrogens is 1430 g/mol. The van der Waals surface area contributed by atoms with Crippen LogP contribution in [0.15, 0.2) is 77.9 Å². The molecule has 1 aliphatic carbocycles. The van der Waals surface area contributed by atoms with Crippen molar-refractivity contribution in [1.82, 2.24) is 63.0 Å². The molecule has 12 atom stereocenters. The molecule has 6 rings (SSSR count). The first-order chi connectivity index (χ1) is 50.8. The maximum absolute atomic E-state index is 15.2. The highest BCUT2D eigenvalue weighted by molar-refractivity contribution is 8.76. The number of amides is 16. The number of likely N-dealkylation sites (tertiary alicyclic amines) is 2. The molecule has 107 heavy (non-hydrogen) atoms. The highest BCUT2D eigenvalue weighted by atomic mass is 33.1. The summed E-state index contributed by atoms with van der Waals surface area (Å²) in [6.45, 7) is 6.23. The van der Waals surface area contributed by atoms with Crippen molar-refractivity contribution in [1.29, 1.82) is 0 Å². The molecule has 18 N–H and O–H groups in total. The van der Waals surface area contributed by atoms with Gasteiger partial charge in [0, 0.05) is 43.2 Å². The number of nitrogens with one attached hydrogen (secondary N) is 10. The Hall–Kier alpha value is -10.0. The molecule has 12 unspecified atom stereocenters. The molecule has 3 aliphatic heterocycles. The van der Waals surface area contributed by atoms with Crippen LogP contribution in [0.4, 0.5) is 0 Å². The van der Waals surface area contributed by atoms with Gasteiger partial charge < -0.3 is 81.0 Å². The number of allylic oxidation sites excluding steroid dienone is 4. The number of piperidine rings is 1. The Morgan fingerprint density at radius 2 is 1.18 bits per heavy atom. The van der Waals surface area contributed by atoms with E-state index in [9.17, 15) is 76.7 Å². The van der Waals surface area contributed by atoms with E-state index in [4.69, 9.17) is 22.9 Å². The number of primary amides is 3. The molecule has 4 fully saturated rings. The molecule has 582 valence electrons. The van der Waals surface area contributed by atoms with E-state index in [-0.39, 0.29) is 62.8 Å². The van der Waals surface area contributed by atoms with Gasteiger partial charge in [0.05, 0.1) is 50.5 Å². The zero-order valence-corrected chi connectivity index (χ0v) is 62.4. The smallest absolute Gasteiger partial charge is 0.246 e. The summed E-state index contributed by atoms with van der Waals surface area (Å²) in [5, 5.41) is 25.2. The lowest BCUT2D eigenvalue weighted by Gasteiger charge is -2.37. The molecule has 3 heterocycles. The van der Waals surface area contributed by atoms with Crippen LogP contribution in [0.5, 0.6) is 0 Å². The minimum atomic E-state index is -1.86. The Morgan fingerprint density at radius 3 is 1.78 bits per heavy atom. The van der Waals surface area contributed by atoms with Crippen molar-refractivity contribution >= 4 is 122 Å². The number of aryl methyl sites for hydroxylation is 1. The van der Waals surface area contributed by atoms with Crippen LogP contribution in [0, 0.1) is 36.5 Å². The van der Waals surface area contributed by atoms with Gasteiger partial charge in [-0.1, -0.05) is 105 Å². The second kappa shape index (κ2) is 42.3. The van der Waals surface area contributed by atoms with Gasteiger partial charge in [0.1, 0.15) is 42.8 Å². The molecule has 0 radical (unpaired) electrons. The van der Waals surface area contributed by atoms with Gasteiger partial charge in [0.25, 0.3) is 0 Å². The van der Waals surface area contributed by atoms with Gasteiger partial charge >= 0.3 is 0 Å². The van der Waals surface area contributed by atoms with Gasteiger partial charge in [-0.25, -0.2) is 0 Å². The average Bonchev–Trinajstić information content (AvgIpc) is 1.59. The summed E-state index contributed by atoms with van der Waals surface area (Å²) in [7, 11) is 1.74. The molecule has 0 bridgehead atoms. The van der Waals surface area contributed by atoms with Crippen molar-refractivity contribution in [3.8, 4) is 0 Å². The normalized spacial score (nSPS) is 23.4. The minimum absolute atomic E-state index is 0.0640. The largest absolute Gasteiger partial charge is 0.370 e. The summed E-state index contributed by atoms with van der Waals surface area (Å²) < 4.78 is 0. The third kappa shape index (κ3) is 27.4.